The Morgan fingerprint density at radius 1 is 1.32 bits per heavy atom. The van der Waals surface area contributed by atoms with Crippen LogP contribution in [0.4, 0.5) is 4.39 Å². The molecule has 118 valence electrons. The molecule has 1 fully saturated rings. The number of aromatic amines is 1. The van der Waals surface area contributed by atoms with Crippen LogP contribution in [-0.2, 0) is 16.0 Å². The van der Waals surface area contributed by atoms with Crippen molar-refractivity contribution in [2.75, 3.05) is 13.1 Å². The average Bonchev–Trinajstić information content (AvgIpc) is 3.07. The van der Waals surface area contributed by atoms with E-state index >= 15 is 0 Å². The molecule has 22 heavy (non-hydrogen) atoms. The van der Waals surface area contributed by atoms with Gasteiger partial charge >= 0.3 is 0 Å². The zero-order chi connectivity index (χ0) is 16.1. The summed E-state index contributed by atoms with van der Waals surface area (Å²) < 4.78 is 13.1. The quantitative estimate of drug-likeness (QED) is 0.889. The summed E-state index contributed by atoms with van der Waals surface area (Å²) in [6, 6.07) is 4.62. The van der Waals surface area contributed by atoms with Gasteiger partial charge in [0.05, 0.1) is 6.42 Å². The molecule has 3 rings (SSSR count). The van der Waals surface area contributed by atoms with Gasteiger partial charge in [0.2, 0.25) is 11.8 Å². The number of nitrogens with one attached hydrogen (secondary N) is 1. The molecule has 2 aromatic rings. The molecule has 0 spiro atoms. The molecular weight excluding hydrogens is 285 g/mol. The second kappa shape index (κ2) is 7.06. The number of amides is 2. The van der Waals surface area contributed by atoms with Gasteiger partial charge in [0, 0.05) is 37.1 Å². The molecule has 3 N–H and O–H groups in total. The molecule has 5 nitrogen and oxygen atoms in total. The van der Waals surface area contributed by atoms with Crippen molar-refractivity contribution in [3.8, 4) is 0 Å². The number of halogens is 1. The van der Waals surface area contributed by atoms with Gasteiger partial charge in [-0.05, 0) is 36.6 Å². The fraction of sp³-hybridized carbons (Fsp3) is 0.375. The molecule has 0 radical (unpaired) electrons. The first kappa shape index (κ1) is 16.0. The van der Waals surface area contributed by atoms with E-state index in [0.717, 1.165) is 42.4 Å². The van der Waals surface area contributed by atoms with Crippen molar-refractivity contribution in [3.63, 3.8) is 0 Å². The smallest absolute Gasteiger partial charge is 0.227 e. The first-order chi connectivity index (χ1) is 10.5. The van der Waals surface area contributed by atoms with E-state index in [-0.39, 0.29) is 17.6 Å². The zero-order valence-corrected chi connectivity index (χ0v) is 12.6. The van der Waals surface area contributed by atoms with E-state index in [9.17, 15) is 14.0 Å². The molecule has 6 heteroatoms. The number of primary amides is 1. The summed E-state index contributed by atoms with van der Waals surface area (Å²) in [6.45, 7) is 3.05. The van der Waals surface area contributed by atoms with Gasteiger partial charge in [-0.1, -0.05) is 0 Å². The number of H-pyrrole nitrogens is 1. The predicted octanol–water partition coefficient (Wildman–Crippen LogP) is 1.96. The Morgan fingerprint density at radius 3 is 2.59 bits per heavy atom. The fourth-order valence-corrected chi connectivity index (χ4v) is 2.55. The van der Waals surface area contributed by atoms with Crippen molar-refractivity contribution < 1.29 is 14.0 Å². The number of aromatic nitrogens is 1. The van der Waals surface area contributed by atoms with Crippen molar-refractivity contribution in [1.82, 2.24) is 9.88 Å². The summed E-state index contributed by atoms with van der Waals surface area (Å²) >= 11 is 0. The van der Waals surface area contributed by atoms with Crippen LogP contribution in [0.1, 0.15) is 25.3 Å². The van der Waals surface area contributed by atoms with Gasteiger partial charge in [-0.2, -0.15) is 0 Å². The van der Waals surface area contributed by atoms with Crippen molar-refractivity contribution in [1.29, 1.82) is 0 Å². The summed E-state index contributed by atoms with van der Waals surface area (Å²) in [7, 11) is 0. The molecule has 0 aliphatic carbocycles. The van der Waals surface area contributed by atoms with Crippen LogP contribution in [0, 0.1) is 5.82 Å². The molecule has 2 amide bonds. The van der Waals surface area contributed by atoms with E-state index in [2.05, 4.69) is 10.7 Å². The lowest BCUT2D eigenvalue weighted by molar-refractivity contribution is -0.129. The third-order valence-corrected chi connectivity index (χ3v) is 3.53. The monoisotopic (exact) mass is 305 g/mol. The highest BCUT2D eigenvalue weighted by atomic mass is 19.1. The molecule has 2 heterocycles. The van der Waals surface area contributed by atoms with Crippen LogP contribution in [0.3, 0.4) is 0 Å². The molecule has 1 aliphatic rings. The molecular formula is C16H20FN3O2. The first-order valence-corrected chi connectivity index (χ1v) is 7.26. The Hall–Kier alpha value is -2.37. The lowest BCUT2D eigenvalue weighted by atomic mass is 10.1. The number of carbonyl (C=O) groups is 2. The summed E-state index contributed by atoms with van der Waals surface area (Å²) in [5.74, 6) is -0.431. The molecule has 1 saturated heterocycles. The number of carbonyl (C=O) groups excluding carboxylic acids is 2. The van der Waals surface area contributed by atoms with Gasteiger partial charge in [-0.3, -0.25) is 9.59 Å². The predicted molar refractivity (Wildman–Crippen MR) is 82.6 cm³/mol. The highest BCUT2D eigenvalue weighted by molar-refractivity contribution is 5.89. The molecule has 0 bridgehead atoms. The maximum absolute atomic E-state index is 13.1. The zero-order valence-electron chi connectivity index (χ0n) is 12.6. The van der Waals surface area contributed by atoms with Crippen LogP contribution in [0.2, 0.25) is 0 Å². The number of likely N-dealkylation sites (tertiary alicyclic amines) is 1. The van der Waals surface area contributed by atoms with E-state index in [1.165, 1.54) is 19.1 Å². The minimum atomic E-state index is -0.333. The Bertz CT molecular complexity index is 671. The highest BCUT2D eigenvalue weighted by Gasteiger charge is 2.19. The number of nitrogens with zero attached hydrogens (tertiary/aromatic N) is 1. The van der Waals surface area contributed by atoms with Crippen LogP contribution in [0.25, 0.3) is 10.9 Å². The lowest BCUT2D eigenvalue weighted by Crippen LogP contribution is -2.28. The topological polar surface area (TPSA) is 79.2 Å². The summed E-state index contributed by atoms with van der Waals surface area (Å²) in [6.07, 6.45) is 4.40. The highest BCUT2D eigenvalue weighted by Crippen LogP contribution is 2.21. The Balaban J connectivity index is 0.000000396. The second-order valence-corrected chi connectivity index (χ2v) is 5.38. The first-order valence-electron chi connectivity index (χ1n) is 7.26. The van der Waals surface area contributed by atoms with Gasteiger partial charge in [0.25, 0.3) is 0 Å². The molecule has 1 aromatic carbocycles. The van der Waals surface area contributed by atoms with Crippen LogP contribution < -0.4 is 5.73 Å². The number of nitrogens with two attached hydrogens (primary N) is 1. The number of hydrogen-bond donors (Lipinski definition) is 2. The number of benzene rings is 1. The van der Waals surface area contributed by atoms with Gasteiger partial charge in [0.1, 0.15) is 5.82 Å². The minimum absolute atomic E-state index is 0.165. The van der Waals surface area contributed by atoms with Crippen molar-refractivity contribution >= 4 is 22.7 Å². The molecule has 0 saturated carbocycles. The van der Waals surface area contributed by atoms with E-state index < -0.39 is 0 Å². The molecule has 1 aromatic heterocycles. The number of hydrogen-bond acceptors (Lipinski definition) is 2. The third kappa shape index (κ3) is 4.07. The van der Waals surface area contributed by atoms with Crippen LogP contribution >= 0.6 is 0 Å². The molecule has 0 atom stereocenters. The SMILES string of the molecule is CC(N)=O.O=C(Cc1c[nH]c2cc(F)ccc12)N1CCCC1. The maximum Gasteiger partial charge on any atom is 0.227 e. The van der Waals surface area contributed by atoms with Gasteiger partial charge in [0.15, 0.2) is 0 Å². The van der Waals surface area contributed by atoms with Crippen LogP contribution in [0.15, 0.2) is 24.4 Å². The van der Waals surface area contributed by atoms with E-state index in [1.54, 1.807) is 12.3 Å². The molecule has 1 aliphatic heterocycles. The average molecular weight is 305 g/mol. The van der Waals surface area contributed by atoms with E-state index in [4.69, 9.17) is 0 Å². The Morgan fingerprint density at radius 2 is 1.95 bits per heavy atom. The summed E-state index contributed by atoms with van der Waals surface area (Å²) in [5.41, 5.74) is 6.17. The minimum Gasteiger partial charge on any atom is -0.370 e. The normalized spacial score (nSPS) is 13.8. The van der Waals surface area contributed by atoms with Crippen molar-refractivity contribution in [3.05, 3.63) is 35.8 Å². The third-order valence-electron chi connectivity index (χ3n) is 3.53. The van der Waals surface area contributed by atoms with Crippen molar-refractivity contribution in [2.45, 2.75) is 26.2 Å². The fourth-order valence-electron chi connectivity index (χ4n) is 2.55. The Labute approximate surface area is 128 Å². The second-order valence-electron chi connectivity index (χ2n) is 5.38. The summed E-state index contributed by atoms with van der Waals surface area (Å²) in [4.78, 5) is 26.2. The van der Waals surface area contributed by atoms with E-state index in [1.807, 2.05) is 4.90 Å². The molecule has 0 unspecified atom stereocenters. The number of fused-ring (bicyclic) bond motifs is 1. The van der Waals surface area contributed by atoms with Gasteiger partial charge in [-0.15, -0.1) is 0 Å². The summed E-state index contributed by atoms with van der Waals surface area (Å²) in [5, 5.41) is 0.934. The van der Waals surface area contributed by atoms with Crippen molar-refractivity contribution in [2.24, 2.45) is 5.73 Å². The standard InChI is InChI=1S/C14H15FN2O.C2H5NO/c15-11-3-4-12-10(9-16-13(12)8-11)7-14(18)17-5-1-2-6-17;1-2(3)4/h3-4,8-9,16H,1-2,5-7H2;1H3,(H2,3,4). The lowest BCUT2D eigenvalue weighted by Gasteiger charge is -2.14. The Kier molecular flexibility index (Phi) is 5.14. The van der Waals surface area contributed by atoms with Crippen LogP contribution in [0.5, 0.6) is 0 Å². The maximum atomic E-state index is 13.1. The van der Waals surface area contributed by atoms with Crippen LogP contribution in [-0.4, -0.2) is 34.8 Å². The van der Waals surface area contributed by atoms with Gasteiger partial charge < -0.3 is 15.6 Å². The van der Waals surface area contributed by atoms with E-state index in [0.29, 0.717) is 6.42 Å². The van der Waals surface area contributed by atoms with Gasteiger partial charge in [-0.25, -0.2) is 4.39 Å². The largest absolute Gasteiger partial charge is 0.370 e. The number of rotatable bonds is 2.